The van der Waals surface area contributed by atoms with Gasteiger partial charge in [0.2, 0.25) is 0 Å². The fourth-order valence-corrected chi connectivity index (χ4v) is 2.22. The van der Waals surface area contributed by atoms with Crippen LogP contribution >= 0.6 is 11.6 Å². The maximum absolute atomic E-state index is 12.2. The molecule has 1 unspecified atom stereocenters. The standard InChI is InChI=1S/C16H16ClF2NO/c1-10-14(17)7-4-8-15(10)20-11(2)12-5-3-6-13(9-12)21-16(18)19/h3-9,11,16,20H,1-2H3. The van der Waals surface area contributed by atoms with Crippen LogP contribution < -0.4 is 10.1 Å². The molecule has 2 rings (SSSR count). The Bertz CT molecular complexity index is 619. The molecule has 0 radical (unpaired) electrons. The molecule has 0 aromatic heterocycles. The molecule has 112 valence electrons. The van der Waals surface area contributed by atoms with E-state index in [1.54, 1.807) is 12.1 Å². The van der Waals surface area contributed by atoms with Gasteiger partial charge in [-0.05, 0) is 49.2 Å². The third kappa shape index (κ3) is 4.08. The highest BCUT2D eigenvalue weighted by molar-refractivity contribution is 6.31. The van der Waals surface area contributed by atoms with Crippen molar-refractivity contribution in [2.45, 2.75) is 26.5 Å². The van der Waals surface area contributed by atoms with E-state index in [1.807, 2.05) is 38.1 Å². The van der Waals surface area contributed by atoms with Gasteiger partial charge >= 0.3 is 6.61 Å². The Balaban J connectivity index is 2.16. The zero-order valence-corrected chi connectivity index (χ0v) is 12.5. The van der Waals surface area contributed by atoms with Crippen LogP contribution in [0, 0.1) is 6.92 Å². The first kappa shape index (κ1) is 15.6. The SMILES string of the molecule is Cc1c(Cl)cccc1NC(C)c1cccc(OC(F)F)c1. The van der Waals surface area contributed by atoms with Gasteiger partial charge in [0.05, 0.1) is 0 Å². The first-order valence-electron chi connectivity index (χ1n) is 6.54. The number of hydrogen-bond donors (Lipinski definition) is 1. The summed E-state index contributed by atoms with van der Waals surface area (Å²) in [6.45, 7) is 1.05. The Morgan fingerprint density at radius 2 is 1.86 bits per heavy atom. The molecule has 2 nitrogen and oxygen atoms in total. The average molecular weight is 312 g/mol. The van der Waals surface area contributed by atoms with Gasteiger partial charge in [0.1, 0.15) is 5.75 Å². The van der Waals surface area contributed by atoms with Crippen molar-refractivity contribution < 1.29 is 13.5 Å². The fourth-order valence-electron chi connectivity index (χ4n) is 2.04. The van der Waals surface area contributed by atoms with E-state index in [4.69, 9.17) is 11.6 Å². The van der Waals surface area contributed by atoms with Crippen LogP contribution in [0.5, 0.6) is 5.75 Å². The van der Waals surface area contributed by atoms with E-state index in [9.17, 15) is 8.78 Å². The highest BCUT2D eigenvalue weighted by Gasteiger charge is 2.10. The Labute approximate surface area is 127 Å². The van der Waals surface area contributed by atoms with Crippen molar-refractivity contribution >= 4 is 17.3 Å². The number of halogens is 3. The second-order valence-electron chi connectivity index (χ2n) is 4.73. The number of benzene rings is 2. The summed E-state index contributed by atoms with van der Waals surface area (Å²) in [5.74, 6) is 0.152. The van der Waals surface area contributed by atoms with Crippen molar-refractivity contribution in [1.82, 2.24) is 0 Å². The minimum Gasteiger partial charge on any atom is -0.435 e. The Morgan fingerprint density at radius 1 is 1.14 bits per heavy atom. The van der Waals surface area contributed by atoms with Crippen LogP contribution in [0.15, 0.2) is 42.5 Å². The molecule has 0 bridgehead atoms. The van der Waals surface area contributed by atoms with E-state index in [0.717, 1.165) is 16.8 Å². The molecule has 0 saturated heterocycles. The van der Waals surface area contributed by atoms with E-state index in [2.05, 4.69) is 10.1 Å². The highest BCUT2D eigenvalue weighted by atomic mass is 35.5. The van der Waals surface area contributed by atoms with E-state index < -0.39 is 6.61 Å². The molecule has 1 atom stereocenters. The largest absolute Gasteiger partial charge is 0.435 e. The van der Waals surface area contributed by atoms with Crippen LogP contribution in [-0.2, 0) is 0 Å². The quantitative estimate of drug-likeness (QED) is 0.795. The molecular weight excluding hydrogens is 296 g/mol. The summed E-state index contributed by atoms with van der Waals surface area (Å²) < 4.78 is 28.9. The normalized spacial score (nSPS) is 12.3. The van der Waals surface area contributed by atoms with E-state index in [-0.39, 0.29) is 11.8 Å². The fraction of sp³-hybridized carbons (Fsp3) is 0.250. The molecule has 0 aliphatic heterocycles. The maximum Gasteiger partial charge on any atom is 0.387 e. The lowest BCUT2D eigenvalue weighted by molar-refractivity contribution is -0.0498. The number of anilines is 1. The predicted octanol–water partition coefficient (Wildman–Crippen LogP) is 5.42. The number of rotatable bonds is 5. The number of nitrogens with one attached hydrogen (secondary N) is 1. The summed E-state index contributed by atoms with van der Waals surface area (Å²) in [7, 11) is 0. The van der Waals surface area contributed by atoms with Crippen LogP contribution in [-0.4, -0.2) is 6.61 Å². The zero-order valence-electron chi connectivity index (χ0n) is 11.7. The van der Waals surface area contributed by atoms with Crippen molar-refractivity contribution in [2.24, 2.45) is 0 Å². The third-order valence-electron chi connectivity index (χ3n) is 3.22. The van der Waals surface area contributed by atoms with Gasteiger partial charge in [-0.25, -0.2) is 0 Å². The molecule has 0 aliphatic carbocycles. The number of hydrogen-bond acceptors (Lipinski definition) is 2. The lowest BCUT2D eigenvalue weighted by Crippen LogP contribution is -2.08. The van der Waals surface area contributed by atoms with Gasteiger partial charge in [-0.15, -0.1) is 0 Å². The lowest BCUT2D eigenvalue weighted by Gasteiger charge is -2.18. The van der Waals surface area contributed by atoms with Crippen molar-refractivity contribution in [3.05, 3.63) is 58.6 Å². The topological polar surface area (TPSA) is 21.3 Å². The number of alkyl halides is 2. The van der Waals surface area contributed by atoms with Gasteiger partial charge in [-0.1, -0.05) is 29.8 Å². The number of ether oxygens (including phenoxy) is 1. The van der Waals surface area contributed by atoms with Gasteiger partial charge in [0.15, 0.2) is 0 Å². The van der Waals surface area contributed by atoms with E-state index in [0.29, 0.717) is 5.02 Å². The summed E-state index contributed by atoms with van der Waals surface area (Å²) in [6.07, 6.45) is 0. The molecule has 0 saturated carbocycles. The average Bonchev–Trinajstić information content (AvgIpc) is 2.43. The molecular formula is C16H16ClF2NO. The molecule has 5 heteroatoms. The maximum atomic E-state index is 12.2. The van der Waals surface area contributed by atoms with Gasteiger partial charge in [-0.2, -0.15) is 8.78 Å². The molecule has 21 heavy (non-hydrogen) atoms. The predicted molar refractivity (Wildman–Crippen MR) is 81.3 cm³/mol. The molecule has 0 heterocycles. The van der Waals surface area contributed by atoms with Crippen molar-refractivity contribution in [3.63, 3.8) is 0 Å². The van der Waals surface area contributed by atoms with Crippen LogP contribution in [0.3, 0.4) is 0 Å². The van der Waals surface area contributed by atoms with Crippen LogP contribution in [0.4, 0.5) is 14.5 Å². The molecule has 0 spiro atoms. The monoisotopic (exact) mass is 311 g/mol. The van der Waals surface area contributed by atoms with Gasteiger partial charge in [-0.3, -0.25) is 0 Å². The first-order chi connectivity index (χ1) is 9.97. The zero-order chi connectivity index (χ0) is 15.4. The van der Waals surface area contributed by atoms with Crippen molar-refractivity contribution in [3.8, 4) is 5.75 Å². The molecule has 0 fully saturated rings. The van der Waals surface area contributed by atoms with Gasteiger partial charge < -0.3 is 10.1 Å². The summed E-state index contributed by atoms with van der Waals surface area (Å²) in [6, 6.07) is 12.2. The smallest absolute Gasteiger partial charge is 0.387 e. The molecule has 2 aromatic rings. The van der Waals surface area contributed by atoms with E-state index in [1.165, 1.54) is 6.07 Å². The van der Waals surface area contributed by atoms with Gasteiger partial charge in [0.25, 0.3) is 0 Å². The summed E-state index contributed by atoms with van der Waals surface area (Å²) in [5, 5.41) is 4.00. The Hall–Kier alpha value is -1.81. The van der Waals surface area contributed by atoms with Crippen molar-refractivity contribution in [2.75, 3.05) is 5.32 Å². The van der Waals surface area contributed by atoms with Crippen LogP contribution in [0.1, 0.15) is 24.1 Å². The lowest BCUT2D eigenvalue weighted by atomic mass is 10.1. The first-order valence-corrected chi connectivity index (χ1v) is 6.91. The molecule has 1 N–H and O–H groups in total. The summed E-state index contributed by atoms with van der Waals surface area (Å²) in [4.78, 5) is 0. The second-order valence-corrected chi connectivity index (χ2v) is 5.14. The highest BCUT2D eigenvalue weighted by Crippen LogP contribution is 2.28. The Morgan fingerprint density at radius 3 is 2.57 bits per heavy atom. The minimum absolute atomic E-state index is 0.0663. The minimum atomic E-state index is -2.82. The van der Waals surface area contributed by atoms with Crippen LogP contribution in [0.25, 0.3) is 0 Å². The third-order valence-corrected chi connectivity index (χ3v) is 3.63. The van der Waals surface area contributed by atoms with Crippen molar-refractivity contribution in [1.29, 1.82) is 0 Å². The van der Waals surface area contributed by atoms with E-state index >= 15 is 0 Å². The summed E-state index contributed by atoms with van der Waals surface area (Å²) >= 11 is 6.08. The second kappa shape index (κ2) is 6.76. The van der Waals surface area contributed by atoms with Crippen LogP contribution in [0.2, 0.25) is 5.02 Å². The molecule has 0 aliphatic rings. The molecule has 2 aromatic carbocycles. The molecule has 0 amide bonds. The summed E-state index contributed by atoms with van der Waals surface area (Å²) in [5.41, 5.74) is 2.72. The van der Waals surface area contributed by atoms with Gasteiger partial charge in [0, 0.05) is 16.8 Å². The Kier molecular flexibility index (Phi) is 5.02.